The predicted molar refractivity (Wildman–Crippen MR) is 83.0 cm³/mol. The van der Waals surface area contributed by atoms with Crippen LogP contribution in [0.3, 0.4) is 0 Å². The molecule has 2 aliphatic rings. The van der Waals surface area contributed by atoms with E-state index >= 15 is 0 Å². The van der Waals surface area contributed by atoms with Gasteiger partial charge in [0.15, 0.2) is 0 Å². The van der Waals surface area contributed by atoms with Crippen molar-refractivity contribution in [2.24, 2.45) is 5.92 Å². The van der Waals surface area contributed by atoms with Crippen molar-refractivity contribution in [3.63, 3.8) is 0 Å². The minimum absolute atomic E-state index is 0.0210. The van der Waals surface area contributed by atoms with Gasteiger partial charge < -0.3 is 15.5 Å². The van der Waals surface area contributed by atoms with E-state index in [-0.39, 0.29) is 11.9 Å². The number of nitrogens with one attached hydrogen (secondary N) is 2. The fraction of sp³-hybridized carbons (Fsp3) is 0.875. The lowest BCUT2D eigenvalue weighted by molar-refractivity contribution is -0.121. The second-order valence-electron chi connectivity index (χ2n) is 6.55. The molecule has 1 saturated heterocycles. The monoisotopic (exact) mass is 295 g/mol. The topological polar surface area (TPSA) is 61.4 Å². The molecule has 1 aliphatic heterocycles. The van der Waals surface area contributed by atoms with Crippen LogP contribution in [0.25, 0.3) is 0 Å². The number of likely N-dealkylation sites (tertiary alicyclic amines) is 1. The van der Waals surface area contributed by atoms with Crippen LogP contribution in [-0.4, -0.2) is 42.5 Å². The first kappa shape index (κ1) is 16.1. The molecule has 1 heterocycles. The predicted octanol–water partition coefficient (Wildman–Crippen LogP) is 2.27. The SMILES string of the molecule is CC1CCN(C(=O)NCCC(=O)NC2CCCCC2)CC1. The van der Waals surface area contributed by atoms with Crippen LogP contribution < -0.4 is 10.6 Å². The molecular formula is C16H29N3O2. The van der Waals surface area contributed by atoms with Gasteiger partial charge >= 0.3 is 6.03 Å². The van der Waals surface area contributed by atoms with E-state index in [9.17, 15) is 9.59 Å². The molecule has 2 rings (SSSR count). The van der Waals surface area contributed by atoms with E-state index in [1.165, 1.54) is 19.3 Å². The van der Waals surface area contributed by atoms with Crippen LogP contribution in [0.2, 0.25) is 0 Å². The normalized spacial score (nSPS) is 21.1. The summed E-state index contributed by atoms with van der Waals surface area (Å²) in [5, 5.41) is 5.94. The van der Waals surface area contributed by atoms with Gasteiger partial charge in [-0.25, -0.2) is 4.79 Å². The van der Waals surface area contributed by atoms with Gasteiger partial charge in [0.1, 0.15) is 0 Å². The molecule has 1 aliphatic carbocycles. The Bertz CT molecular complexity index is 345. The zero-order valence-corrected chi connectivity index (χ0v) is 13.2. The third kappa shape index (κ3) is 5.56. The first-order chi connectivity index (χ1) is 10.1. The number of amides is 3. The molecule has 0 aromatic rings. The number of nitrogens with zero attached hydrogens (tertiary/aromatic N) is 1. The van der Waals surface area contributed by atoms with Gasteiger partial charge in [0.25, 0.3) is 0 Å². The molecule has 0 spiro atoms. The zero-order valence-electron chi connectivity index (χ0n) is 13.2. The minimum atomic E-state index is -0.0210. The quantitative estimate of drug-likeness (QED) is 0.836. The average Bonchev–Trinajstić information content (AvgIpc) is 2.49. The maximum atomic E-state index is 12.0. The first-order valence-corrected chi connectivity index (χ1v) is 8.47. The van der Waals surface area contributed by atoms with Crippen LogP contribution in [-0.2, 0) is 4.79 Å². The number of carbonyl (C=O) groups is 2. The number of rotatable bonds is 4. The standard InChI is InChI=1S/C16H29N3O2/c1-13-8-11-19(12-9-13)16(21)17-10-7-15(20)18-14-5-3-2-4-6-14/h13-14H,2-12H2,1H3,(H,17,21)(H,18,20). The highest BCUT2D eigenvalue weighted by Gasteiger charge is 2.20. The van der Waals surface area contributed by atoms with Crippen molar-refractivity contribution < 1.29 is 9.59 Å². The Kier molecular flexibility index (Phi) is 6.33. The van der Waals surface area contributed by atoms with Gasteiger partial charge in [0.2, 0.25) is 5.91 Å². The Morgan fingerprint density at radius 1 is 1.05 bits per heavy atom. The summed E-state index contributed by atoms with van der Waals surface area (Å²) >= 11 is 0. The lowest BCUT2D eigenvalue weighted by atomic mass is 9.95. The van der Waals surface area contributed by atoms with Crippen molar-refractivity contribution in [2.75, 3.05) is 19.6 Å². The van der Waals surface area contributed by atoms with Gasteiger partial charge in [0, 0.05) is 32.1 Å². The Morgan fingerprint density at radius 2 is 1.71 bits per heavy atom. The number of carbonyl (C=O) groups excluding carboxylic acids is 2. The second kappa shape index (κ2) is 8.25. The first-order valence-electron chi connectivity index (χ1n) is 8.47. The van der Waals surface area contributed by atoms with E-state index in [0.717, 1.165) is 44.7 Å². The van der Waals surface area contributed by atoms with Crippen molar-refractivity contribution >= 4 is 11.9 Å². The summed E-state index contributed by atoms with van der Waals surface area (Å²) in [5.41, 5.74) is 0. The van der Waals surface area contributed by atoms with Gasteiger partial charge in [-0.15, -0.1) is 0 Å². The number of hydrogen-bond donors (Lipinski definition) is 2. The molecule has 120 valence electrons. The lowest BCUT2D eigenvalue weighted by Gasteiger charge is -2.30. The van der Waals surface area contributed by atoms with Crippen LogP contribution in [0.5, 0.6) is 0 Å². The molecule has 2 N–H and O–H groups in total. The maximum absolute atomic E-state index is 12.0. The van der Waals surface area contributed by atoms with E-state index in [2.05, 4.69) is 17.6 Å². The van der Waals surface area contributed by atoms with Crippen molar-refractivity contribution in [3.8, 4) is 0 Å². The third-order valence-corrected chi connectivity index (χ3v) is 4.67. The molecule has 0 aromatic heterocycles. The molecule has 2 fully saturated rings. The summed E-state index contributed by atoms with van der Waals surface area (Å²) in [6.07, 6.45) is 8.47. The van der Waals surface area contributed by atoms with Crippen LogP contribution >= 0.6 is 0 Å². The van der Waals surface area contributed by atoms with Gasteiger partial charge in [-0.2, -0.15) is 0 Å². The number of urea groups is 1. The van der Waals surface area contributed by atoms with E-state index in [4.69, 9.17) is 0 Å². The van der Waals surface area contributed by atoms with Crippen molar-refractivity contribution in [1.29, 1.82) is 0 Å². The summed E-state index contributed by atoms with van der Waals surface area (Å²) in [7, 11) is 0. The molecule has 0 aromatic carbocycles. The fourth-order valence-corrected chi connectivity index (χ4v) is 3.15. The molecule has 0 radical (unpaired) electrons. The van der Waals surface area contributed by atoms with Crippen LogP contribution in [0.4, 0.5) is 4.79 Å². The van der Waals surface area contributed by atoms with Crippen molar-refractivity contribution in [1.82, 2.24) is 15.5 Å². The number of piperidine rings is 1. The molecule has 3 amide bonds. The van der Waals surface area contributed by atoms with Crippen LogP contribution in [0.15, 0.2) is 0 Å². The summed E-state index contributed by atoms with van der Waals surface area (Å²) in [4.78, 5) is 25.7. The van der Waals surface area contributed by atoms with Crippen molar-refractivity contribution in [2.45, 2.75) is 64.3 Å². The Morgan fingerprint density at radius 3 is 2.38 bits per heavy atom. The average molecular weight is 295 g/mol. The molecular weight excluding hydrogens is 266 g/mol. The molecule has 0 atom stereocenters. The number of hydrogen-bond acceptors (Lipinski definition) is 2. The molecule has 0 unspecified atom stereocenters. The van der Waals surface area contributed by atoms with Crippen molar-refractivity contribution in [3.05, 3.63) is 0 Å². The maximum Gasteiger partial charge on any atom is 0.317 e. The van der Waals surface area contributed by atoms with E-state index < -0.39 is 0 Å². The lowest BCUT2D eigenvalue weighted by Crippen LogP contribution is -2.45. The minimum Gasteiger partial charge on any atom is -0.353 e. The molecule has 5 nitrogen and oxygen atoms in total. The summed E-state index contributed by atoms with van der Waals surface area (Å²) < 4.78 is 0. The third-order valence-electron chi connectivity index (χ3n) is 4.67. The Balaban J connectivity index is 1.57. The zero-order chi connectivity index (χ0) is 15.1. The van der Waals surface area contributed by atoms with Gasteiger partial charge in [-0.3, -0.25) is 4.79 Å². The summed E-state index contributed by atoms with van der Waals surface area (Å²) in [6, 6.07) is 0.331. The smallest absolute Gasteiger partial charge is 0.317 e. The van der Waals surface area contributed by atoms with Gasteiger partial charge in [0.05, 0.1) is 0 Å². The summed E-state index contributed by atoms with van der Waals surface area (Å²) in [5.74, 6) is 0.782. The fourth-order valence-electron chi connectivity index (χ4n) is 3.15. The Labute approximate surface area is 127 Å². The second-order valence-corrected chi connectivity index (χ2v) is 6.55. The highest BCUT2D eigenvalue weighted by Crippen LogP contribution is 2.17. The van der Waals surface area contributed by atoms with Crippen LogP contribution in [0, 0.1) is 5.92 Å². The van der Waals surface area contributed by atoms with E-state index in [0.29, 0.717) is 19.0 Å². The van der Waals surface area contributed by atoms with Crippen LogP contribution in [0.1, 0.15) is 58.3 Å². The largest absolute Gasteiger partial charge is 0.353 e. The molecule has 0 bridgehead atoms. The van der Waals surface area contributed by atoms with E-state index in [1.54, 1.807) is 0 Å². The highest BCUT2D eigenvalue weighted by molar-refractivity contribution is 5.78. The van der Waals surface area contributed by atoms with Gasteiger partial charge in [-0.1, -0.05) is 26.2 Å². The Hall–Kier alpha value is -1.26. The summed E-state index contributed by atoms with van der Waals surface area (Å²) in [6.45, 7) is 4.33. The highest BCUT2D eigenvalue weighted by atomic mass is 16.2. The molecule has 1 saturated carbocycles. The molecule has 5 heteroatoms. The molecule has 21 heavy (non-hydrogen) atoms. The van der Waals surface area contributed by atoms with Gasteiger partial charge in [-0.05, 0) is 31.6 Å². The van der Waals surface area contributed by atoms with E-state index in [1.807, 2.05) is 4.90 Å².